The fourth-order valence-electron chi connectivity index (χ4n) is 3.32. The molecule has 1 N–H and O–H groups in total. The molecule has 0 bridgehead atoms. The first kappa shape index (κ1) is 22.7. The van der Waals surface area contributed by atoms with Gasteiger partial charge in [-0.25, -0.2) is 0 Å². The van der Waals surface area contributed by atoms with Crippen molar-refractivity contribution in [2.24, 2.45) is 0 Å². The second-order valence-electron chi connectivity index (χ2n) is 7.35. The van der Waals surface area contributed by atoms with E-state index in [1.807, 2.05) is 36.5 Å². The third-order valence-corrected chi connectivity index (χ3v) is 5.21. The summed E-state index contributed by atoms with van der Waals surface area (Å²) in [6, 6.07) is 8.28. The van der Waals surface area contributed by atoms with E-state index in [1.165, 1.54) is 0 Å². The highest BCUT2D eigenvalue weighted by Gasteiger charge is 2.09. The Morgan fingerprint density at radius 2 is 2.11 bits per heavy atom. The number of benzene rings is 1. The van der Waals surface area contributed by atoms with Crippen LogP contribution in [0.5, 0.6) is 0 Å². The van der Waals surface area contributed by atoms with Crippen molar-refractivity contribution in [1.82, 2.24) is 9.88 Å². The summed E-state index contributed by atoms with van der Waals surface area (Å²) in [5.74, 6) is 0. The molecule has 0 aliphatic carbocycles. The Morgan fingerprint density at radius 1 is 1.29 bits per heavy atom. The minimum Gasteiger partial charge on any atom is -0.382 e. The number of nitrogens with zero attached hydrogens (tertiary/aromatic N) is 2. The summed E-state index contributed by atoms with van der Waals surface area (Å²) in [5.41, 5.74) is 2.04. The average Bonchev–Trinajstić information content (AvgIpc) is 2.67. The molecule has 0 fully saturated rings. The summed E-state index contributed by atoms with van der Waals surface area (Å²) in [5, 5.41) is 5.46. The number of nitrogens with one attached hydrogen (secondary N) is 1. The molecule has 2 atom stereocenters. The number of fused-ring (bicyclic) bond motifs is 1. The number of pyridine rings is 1. The van der Waals surface area contributed by atoms with E-state index in [1.54, 1.807) is 0 Å². The number of hydrogen-bond donors (Lipinski definition) is 1. The van der Waals surface area contributed by atoms with Crippen LogP contribution in [-0.4, -0.2) is 48.3 Å². The van der Waals surface area contributed by atoms with Crippen LogP contribution in [0.25, 0.3) is 10.9 Å². The maximum atomic E-state index is 6.08. The van der Waals surface area contributed by atoms with E-state index in [0.717, 1.165) is 62.1 Å². The van der Waals surface area contributed by atoms with Crippen molar-refractivity contribution in [2.45, 2.75) is 52.2 Å². The van der Waals surface area contributed by atoms with Crippen LogP contribution >= 0.6 is 11.6 Å². The third kappa shape index (κ3) is 7.42. The molecule has 0 aliphatic heterocycles. The van der Waals surface area contributed by atoms with Crippen molar-refractivity contribution in [2.75, 3.05) is 31.6 Å². The highest BCUT2D eigenvalue weighted by molar-refractivity contribution is 6.31. The van der Waals surface area contributed by atoms with E-state index < -0.39 is 0 Å². The van der Waals surface area contributed by atoms with Crippen molar-refractivity contribution >= 4 is 28.2 Å². The van der Waals surface area contributed by atoms with Crippen LogP contribution in [0.3, 0.4) is 0 Å². The molecule has 0 aliphatic rings. The van der Waals surface area contributed by atoms with Crippen LogP contribution in [0, 0.1) is 0 Å². The molecule has 0 saturated carbocycles. The van der Waals surface area contributed by atoms with Gasteiger partial charge in [-0.05, 0) is 70.5 Å². The average molecular weight is 404 g/mol. The van der Waals surface area contributed by atoms with Crippen molar-refractivity contribution in [1.29, 1.82) is 0 Å². The summed E-state index contributed by atoms with van der Waals surface area (Å²) in [7, 11) is 0. The maximum absolute atomic E-state index is 6.08. The van der Waals surface area contributed by atoms with Gasteiger partial charge in [0.05, 0.1) is 18.2 Å². The van der Waals surface area contributed by atoms with Gasteiger partial charge in [0.1, 0.15) is 0 Å². The number of halogens is 1. The summed E-state index contributed by atoms with van der Waals surface area (Å²) >= 11 is 6.08. The Hall–Kier alpha value is -1.62. The predicted octanol–water partition coefficient (Wildman–Crippen LogP) is 5.77. The molecule has 154 valence electrons. The van der Waals surface area contributed by atoms with Gasteiger partial charge < -0.3 is 15.0 Å². The van der Waals surface area contributed by atoms with E-state index in [-0.39, 0.29) is 6.10 Å². The summed E-state index contributed by atoms with van der Waals surface area (Å²) < 4.78 is 5.83. The van der Waals surface area contributed by atoms with Crippen LogP contribution in [0.2, 0.25) is 5.02 Å². The standard InChI is InChI=1S/C23H34ClN3O/c1-5-8-19(4)28-16-15-27(6-2)14-7-9-18(3)26-22-12-13-25-23-17-20(24)10-11-21(22)23/h5,10-13,17-19H,1,6-9,14-16H2,2-4H3,(H,25,26). The zero-order chi connectivity index (χ0) is 20.4. The minimum atomic E-state index is 0.255. The molecule has 5 heteroatoms. The third-order valence-electron chi connectivity index (χ3n) is 4.97. The van der Waals surface area contributed by atoms with Gasteiger partial charge in [-0.15, -0.1) is 6.58 Å². The van der Waals surface area contributed by atoms with Gasteiger partial charge in [0.25, 0.3) is 0 Å². The van der Waals surface area contributed by atoms with Gasteiger partial charge in [0, 0.05) is 34.9 Å². The Bertz CT molecular complexity index is 737. The number of likely N-dealkylation sites (N-methyl/N-ethyl adjacent to an activating group) is 1. The number of rotatable bonds is 13. The molecule has 2 unspecified atom stereocenters. The predicted molar refractivity (Wildman–Crippen MR) is 121 cm³/mol. The van der Waals surface area contributed by atoms with E-state index in [4.69, 9.17) is 16.3 Å². The molecule has 0 saturated heterocycles. The van der Waals surface area contributed by atoms with Gasteiger partial charge in [-0.2, -0.15) is 0 Å². The Balaban J connectivity index is 1.76. The Kier molecular flexibility index (Phi) is 9.76. The molecule has 1 aromatic heterocycles. The number of anilines is 1. The van der Waals surface area contributed by atoms with E-state index in [9.17, 15) is 0 Å². The molecule has 1 aromatic carbocycles. The second kappa shape index (κ2) is 12.1. The molecule has 0 spiro atoms. The lowest BCUT2D eigenvalue weighted by atomic mass is 10.1. The molecular formula is C23H34ClN3O. The zero-order valence-corrected chi connectivity index (χ0v) is 18.2. The molecule has 2 rings (SSSR count). The van der Waals surface area contributed by atoms with Crippen LogP contribution in [0.1, 0.15) is 40.0 Å². The monoisotopic (exact) mass is 403 g/mol. The SMILES string of the molecule is C=CCC(C)OCCN(CC)CCCC(C)Nc1ccnc2cc(Cl)ccc12. The van der Waals surface area contributed by atoms with E-state index >= 15 is 0 Å². The Morgan fingerprint density at radius 3 is 2.86 bits per heavy atom. The summed E-state index contributed by atoms with van der Waals surface area (Å²) in [6.45, 7) is 14.2. The molecule has 4 nitrogen and oxygen atoms in total. The van der Waals surface area contributed by atoms with Crippen LogP contribution in [0.15, 0.2) is 43.1 Å². The zero-order valence-electron chi connectivity index (χ0n) is 17.5. The quantitative estimate of drug-likeness (QED) is 0.430. The fraction of sp³-hybridized carbons (Fsp3) is 0.522. The fourth-order valence-corrected chi connectivity index (χ4v) is 3.49. The first-order valence-corrected chi connectivity index (χ1v) is 10.7. The summed E-state index contributed by atoms with van der Waals surface area (Å²) in [4.78, 5) is 6.87. The van der Waals surface area contributed by atoms with Gasteiger partial charge in [-0.1, -0.05) is 24.6 Å². The highest BCUT2D eigenvalue weighted by atomic mass is 35.5. The maximum Gasteiger partial charge on any atom is 0.0737 e. The smallest absolute Gasteiger partial charge is 0.0737 e. The topological polar surface area (TPSA) is 37.4 Å². The van der Waals surface area contributed by atoms with Gasteiger partial charge >= 0.3 is 0 Å². The Labute approximate surface area is 174 Å². The minimum absolute atomic E-state index is 0.255. The van der Waals surface area contributed by atoms with E-state index in [0.29, 0.717) is 11.1 Å². The number of aromatic nitrogens is 1. The summed E-state index contributed by atoms with van der Waals surface area (Å²) in [6.07, 6.45) is 7.17. The lowest BCUT2D eigenvalue weighted by Gasteiger charge is -2.23. The first-order chi connectivity index (χ1) is 13.5. The molecule has 28 heavy (non-hydrogen) atoms. The lowest BCUT2D eigenvalue weighted by molar-refractivity contribution is 0.0507. The largest absolute Gasteiger partial charge is 0.382 e. The van der Waals surface area contributed by atoms with Crippen molar-refractivity contribution in [3.8, 4) is 0 Å². The van der Waals surface area contributed by atoms with Crippen molar-refractivity contribution < 1.29 is 4.74 Å². The van der Waals surface area contributed by atoms with Gasteiger partial charge in [-0.3, -0.25) is 4.98 Å². The molecule has 0 amide bonds. The lowest BCUT2D eigenvalue weighted by Crippen LogP contribution is -2.30. The van der Waals surface area contributed by atoms with Crippen molar-refractivity contribution in [3.05, 3.63) is 48.1 Å². The number of ether oxygens (including phenoxy) is 1. The number of hydrogen-bond acceptors (Lipinski definition) is 4. The van der Waals surface area contributed by atoms with Crippen LogP contribution < -0.4 is 5.32 Å². The van der Waals surface area contributed by atoms with E-state index in [2.05, 4.69) is 42.6 Å². The van der Waals surface area contributed by atoms with Gasteiger partial charge in [0.2, 0.25) is 0 Å². The molecule has 0 radical (unpaired) electrons. The van der Waals surface area contributed by atoms with Crippen LogP contribution in [0.4, 0.5) is 5.69 Å². The van der Waals surface area contributed by atoms with Crippen LogP contribution in [-0.2, 0) is 4.74 Å². The molecule has 1 heterocycles. The molecule has 2 aromatic rings. The second-order valence-corrected chi connectivity index (χ2v) is 7.78. The molecular weight excluding hydrogens is 370 g/mol. The highest BCUT2D eigenvalue weighted by Crippen LogP contribution is 2.25. The first-order valence-electron chi connectivity index (χ1n) is 10.3. The van der Waals surface area contributed by atoms with Crippen molar-refractivity contribution in [3.63, 3.8) is 0 Å². The van der Waals surface area contributed by atoms with Gasteiger partial charge in [0.15, 0.2) is 0 Å². The normalized spacial score (nSPS) is 13.6.